The van der Waals surface area contributed by atoms with Crippen molar-refractivity contribution in [1.82, 2.24) is 0 Å². The number of hydrogen-bond acceptors (Lipinski definition) is 3. The number of thiocarbonyl (C=S) groups is 1. The summed E-state index contributed by atoms with van der Waals surface area (Å²) < 4.78 is 4.86. The molecule has 0 saturated carbocycles. The smallest absolute Gasteiger partial charge is 0.191 e. The Bertz CT molecular complexity index is 180. The maximum atomic E-state index is 7.54. The summed E-state index contributed by atoms with van der Waals surface area (Å²) in [5.41, 5.74) is 1.13. The molecule has 0 spiro atoms. The molecule has 0 saturated heterocycles. The van der Waals surface area contributed by atoms with Crippen LogP contribution in [0.1, 0.15) is 25.7 Å². The summed E-state index contributed by atoms with van der Waals surface area (Å²) in [7, 11) is 0. The summed E-state index contributed by atoms with van der Waals surface area (Å²) in [4.78, 5) is 0. The van der Waals surface area contributed by atoms with E-state index in [9.17, 15) is 0 Å². The van der Waals surface area contributed by atoms with Gasteiger partial charge in [0.1, 0.15) is 0 Å². The van der Waals surface area contributed by atoms with Crippen LogP contribution in [0.25, 0.3) is 0 Å². The molecule has 0 rings (SSSR count). The van der Waals surface area contributed by atoms with Gasteiger partial charge in [-0.1, -0.05) is 25.8 Å². The summed E-state index contributed by atoms with van der Waals surface area (Å²) >= 11 is 4.52. The molecule has 1 atom stereocenters. The van der Waals surface area contributed by atoms with E-state index in [1.54, 1.807) is 6.08 Å². The van der Waals surface area contributed by atoms with Crippen molar-refractivity contribution in [2.24, 2.45) is 5.92 Å². The van der Waals surface area contributed by atoms with Crippen molar-refractivity contribution in [3.05, 3.63) is 19.6 Å². The average molecular weight is 198 g/mol. The fraction of sp³-hybridized carbons (Fsp3) is 0.500. The Balaban J connectivity index is 3.97. The molecule has 73 valence electrons. The molecule has 1 N–H and O–H groups in total. The van der Waals surface area contributed by atoms with E-state index in [-0.39, 0.29) is 11.8 Å². The summed E-state index contributed by atoms with van der Waals surface area (Å²) in [5.74, 6) is 0.349. The molecule has 0 fully saturated rings. The zero-order valence-electron chi connectivity index (χ0n) is 7.79. The quantitative estimate of drug-likeness (QED) is 0.295. The van der Waals surface area contributed by atoms with E-state index in [0.29, 0.717) is 0 Å². The van der Waals surface area contributed by atoms with Gasteiger partial charge in [-0.25, -0.2) is 0 Å². The second-order valence-corrected chi connectivity index (χ2v) is 2.99. The van der Waals surface area contributed by atoms with E-state index < -0.39 is 0 Å². The van der Waals surface area contributed by atoms with Gasteiger partial charge in [-0.2, -0.15) is 0 Å². The molecule has 0 aromatic carbocycles. The number of ether oxygens (including phenoxy) is 1. The minimum absolute atomic E-state index is 0.110. The predicted octanol–water partition coefficient (Wildman–Crippen LogP) is 3.13. The van der Waals surface area contributed by atoms with Crippen LogP contribution in [0, 0.1) is 18.3 Å². The van der Waals surface area contributed by atoms with Crippen molar-refractivity contribution in [3.8, 4) is 0 Å². The second-order valence-electron chi connectivity index (χ2n) is 2.80. The van der Waals surface area contributed by atoms with Crippen LogP contribution in [0.15, 0.2) is 12.7 Å². The maximum Gasteiger partial charge on any atom is 0.191 e. The van der Waals surface area contributed by atoms with Crippen molar-refractivity contribution in [2.75, 3.05) is 0 Å². The van der Waals surface area contributed by atoms with Gasteiger partial charge in [0.15, 0.2) is 11.5 Å². The molecule has 2 nitrogen and oxygen atoms in total. The van der Waals surface area contributed by atoms with Gasteiger partial charge >= 0.3 is 0 Å². The van der Waals surface area contributed by atoms with Crippen molar-refractivity contribution >= 4 is 23.7 Å². The number of nitrogens with one attached hydrogen (secondary N) is 1. The third-order valence-corrected chi connectivity index (χ3v) is 1.90. The number of hydrogen-bond donors (Lipinski definition) is 1. The van der Waals surface area contributed by atoms with Crippen LogP contribution >= 0.6 is 12.2 Å². The van der Waals surface area contributed by atoms with Crippen molar-refractivity contribution < 1.29 is 4.74 Å². The van der Waals surface area contributed by atoms with E-state index >= 15 is 0 Å². The third kappa shape index (κ3) is 5.53. The standard InChI is InChI=1S/C10H16NOS/c1-3-5-7-9(6-4-2)10(11)12-8-13/h4,8-9,11H,1-3,5-7H2. The highest BCUT2D eigenvalue weighted by atomic mass is 32.1. The lowest BCUT2D eigenvalue weighted by Gasteiger charge is -2.13. The highest BCUT2D eigenvalue weighted by Gasteiger charge is 2.13. The van der Waals surface area contributed by atoms with E-state index in [0.717, 1.165) is 31.2 Å². The monoisotopic (exact) mass is 198 g/mol. The normalized spacial score (nSPS) is 11.8. The molecule has 3 heteroatoms. The molecule has 0 amide bonds. The minimum atomic E-state index is 0.110. The first-order chi connectivity index (χ1) is 6.26. The number of rotatable bonds is 7. The van der Waals surface area contributed by atoms with Crippen LogP contribution in [0.4, 0.5) is 0 Å². The Morgan fingerprint density at radius 1 is 1.62 bits per heavy atom. The van der Waals surface area contributed by atoms with Gasteiger partial charge in [0.25, 0.3) is 0 Å². The lowest BCUT2D eigenvalue weighted by Crippen LogP contribution is -2.15. The van der Waals surface area contributed by atoms with Crippen LogP contribution in [0.5, 0.6) is 0 Å². The van der Waals surface area contributed by atoms with Gasteiger partial charge in [0, 0.05) is 5.92 Å². The van der Waals surface area contributed by atoms with Crippen LogP contribution in [0.3, 0.4) is 0 Å². The maximum absolute atomic E-state index is 7.54. The molecule has 0 aliphatic heterocycles. The molecule has 0 aromatic heterocycles. The average Bonchev–Trinajstić information content (AvgIpc) is 2.12. The number of unbranched alkanes of at least 4 members (excludes halogenated alkanes) is 1. The Morgan fingerprint density at radius 2 is 2.31 bits per heavy atom. The van der Waals surface area contributed by atoms with Gasteiger partial charge in [0.2, 0.25) is 0 Å². The first-order valence-corrected chi connectivity index (χ1v) is 4.82. The highest BCUT2D eigenvalue weighted by molar-refractivity contribution is 7.78. The molecule has 13 heavy (non-hydrogen) atoms. The SMILES string of the molecule is [CH2]CCCC(CC=C)C(=N)OC=S. The van der Waals surface area contributed by atoms with Crippen LogP contribution < -0.4 is 0 Å². The van der Waals surface area contributed by atoms with Gasteiger partial charge in [0.05, 0.1) is 0 Å². The van der Waals surface area contributed by atoms with Crippen molar-refractivity contribution in [3.63, 3.8) is 0 Å². The molecule has 0 aliphatic rings. The van der Waals surface area contributed by atoms with Crippen LogP contribution in [-0.4, -0.2) is 11.5 Å². The molecule has 0 bridgehead atoms. The highest BCUT2D eigenvalue weighted by Crippen LogP contribution is 2.14. The van der Waals surface area contributed by atoms with Gasteiger partial charge < -0.3 is 4.74 Å². The molecule has 0 aliphatic carbocycles. The largest absolute Gasteiger partial charge is 0.440 e. The zero-order chi connectivity index (χ0) is 10.1. The van der Waals surface area contributed by atoms with Gasteiger partial charge in [-0.3, -0.25) is 5.41 Å². The summed E-state index contributed by atoms with van der Waals surface area (Å²) in [5, 5.41) is 7.54. The van der Waals surface area contributed by atoms with E-state index in [2.05, 4.69) is 25.7 Å². The topological polar surface area (TPSA) is 33.1 Å². The lowest BCUT2D eigenvalue weighted by molar-refractivity contribution is 0.470. The van der Waals surface area contributed by atoms with Crippen LogP contribution in [0.2, 0.25) is 0 Å². The molecule has 1 radical (unpaired) electrons. The molecular formula is C10H16NOS. The Kier molecular flexibility index (Phi) is 7.50. The molecule has 1 unspecified atom stereocenters. The van der Waals surface area contributed by atoms with E-state index in [1.807, 2.05) is 0 Å². The first-order valence-electron chi connectivity index (χ1n) is 4.35. The third-order valence-electron chi connectivity index (χ3n) is 1.80. The molecule has 0 aromatic rings. The summed E-state index contributed by atoms with van der Waals surface area (Å²) in [6.07, 6.45) is 5.37. The predicted molar refractivity (Wildman–Crippen MR) is 60.0 cm³/mol. The lowest BCUT2D eigenvalue weighted by atomic mass is 9.98. The molecular weight excluding hydrogens is 182 g/mol. The minimum Gasteiger partial charge on any atom is -0.440 e. The number of allylic oxidation sites excluding steroid dienone is 1. The Hall–Kier alpha value is -0.700. The fourth-order valence-corrected chi connectivity index (χ4v) is 1.20. The van der Waals surface area contributed by atoms with Crippen molar-refractivity contribution in [1.29, 1.82) is 5.41 Å². The van der Waals surface area contributed by atoms with Crippen molar-refractivity contribution in [2.45, 2.75) is 25.7 Å². The fourth-order valence-electron chi connectivity index (χ4n) is 1.10. The van der Waals surface area contributed by atoms with Gasteiger partial charge in [-0.15, -0.1) is 6.58 Å². The van der Waals surface area contributed by atoms with E-state index in [1.165, 1.54) is 0 Å². The Labute approximate surface area is 85.5 Å². The summed E-state index contributed by atoms with van der Waals surface area (Å²) in [6, 6.07) is 0. The zero-order valence-corrected chi connectivity index (χ0v) is 8.61. The van der Waals surface area contributed by atoms with E-state index in [4.69, 9.17) is 10.1 Å². The van der Waals surface area contributed by atoms with Gasteiger partial charge in [-0.05, 0) is 25.1 Å². The first kappa shape index (κ1) is 12.3. The summed E-state index contributed by atoms with van der Waals surface area (Å²) in [6.45, 7) is 7.40. The molecule has 0 heterocycles. The van der Waals surface area contributed by atoms with Crippen LogP contribution in [-0.2, 0) is 4.74 Å². The Morgan fingerprint density at radius 3 is 2.77 bits per heavy atom. The second kappa shape index (κ2) is 7.92.